The first kappa shape index (κ1) is 30.5. The van der Waals surface area contributed by atoms with Gasteiger partial charge in [-0.15, -0.1) is 24.8 Å². The van der Waals surface area contributed by atoms with E-state index in [0.29, 0.717) is 5.54 Å². The summed E-state index contributed by atoms with van der Waals surface area (Å²) in [6, 6.07) is 0. The van der Waals surface area contributed by atoms with E-state index in [2.05, 4.69) is 32.7 Å². The normalized spacial score (nSPS) is 22.8. The van der Waals surface area contributed by atoms with E-state index >= 15 is 0 Å². The summed E-state index contributed by atoms with van der Waals surface area (Å²) in [7, 11) is 2.23. The van der Waals surface area contributed by atoms with Crippen molar-refractivity contribution in [1.82, 2.24) is 4.90 Å². The average Bonchev–Trinajstić information content (AvgIpc) is 1.84. The molecule has 1 saturated heterocycles. The van der Waals surface area contributed by atoms with Crippen molar-refractivity contribution in [3.63, 3.8) is 0 Å². The Bertz CT molecular complexity index is 127. The maximum Gasteiger partial charge on any atom is 0.316 e. The van der Waals surface area contributed by atoms with E-state index in [0.717, 1.165) is 5.92 Å². The molecule has 6 heteroatoms. The number of hydrogen-bond donors (Lipinski definition) is 0. The molecule has 1 unspecified atom stereocenters. The summed E-state index contributed by atoms with van der Waals surface area (Å²) in [5.74, 6) is 0.853. The molecule has 15 heavy (non-hydrogen) atoms. The summed E-state index contributed by atoms with van der Waals surface area (Å²) in [5, 5.41) is 0. The first-order valence-electron chi connectivity index (χ1n) is 4.26. The van der Waals surface area contributed by atoms with Gasteiger partial charge in [-0.3, -0.25) is 0 Å². The fourth-order valence-electron chi connectivity index (χ4n) is 1.65. The third-order valence-corrected chi connectivity index (χ3v) is 3.32. The second-order valence-electron chi connectivity index (χ2n) is 4.12. The zero-order valence-electron chi connectivity index (χ0n) is 8.46. The van der Waals surface area contributed by atoms with E-state index in [1.165, 1.54) is 19.4 Å². The molecular formula is C9H25Cl2Li2MgN. The van der Waals surface area contributed by atoms with E-state index in [-0.39, 0.29) is 85.6 Å². The van der Waals surface area contributed by atoms with Gasteiger partial charge < -0.3 is 4.90 Å². The van der Waals surface area contributed by atoms with Crippen molar-refractivity contribution < 1.29 is 0 Å². The number of rotatable bonds is 0. The largest absolute Gasteiger partial charge is 0.316 e. The molecule has 1 atom stereocenters. The van der Waals surface area contributed by atoms with Gasteiger partial charge in [-0.25, -0.2) is 0 Å². The standard InChI is InChI=1S/C9H19N.2ClH.2Li.Mg.4H/c1-8-6-5-7-10(4)9(8,2)3;;;;;;;;;/h8H,5-7H2,1-4H3;2*1H;;;;;;;. The number of hydrogen-bond acceptors (Lipinski definition) is 1. The van der Waals surface area contributed by atoms with Crippen LogP contribution >= 0.6 is 24.8 Å². The van der Waals surface area contributed by atoms with Crippen LogP contribution in [0.2, 0.25) is 0 Å². The Kier molecular flexibility index (Phi) is 26.3. The second-order valence-corrected chi connectivity index (χ2v) is 4.12. The van der Waals surface area contributed by atoms with Crippen molar-refractivity contribution in [2.24, 2.45) is 5.92 Å². The van der Waals surface area contributed by atoms with Crippen LogP contribution < -0.4 is 0 Å². The van der Waals surface area contributed by atoms with Crippen LogP contribution in [0, 0.1) is 5.92 Å². The molecule has 1 aliphatic rings. The quantitative estimate of drug-likeness (QED) is 0.578. The minimum Gasteiger partial charge on any atom is 0.316 e. The van der Waals surface area contributed by atoms with E-state index < -0.39 is 0 Å². The molecule has 1 heterocycles. The van der Waals surface area contributed by atoms with Gasteiger partial charge in [0, 0.05) is 5.54 Å². The Morgan fingerprint density at radius 3 is 1.80 bits per heavy atom. The van der Waals surface area contributed by atoms with Crippen LogP contribution in [0.15, 0.2) is 0 Å². The molecule has 84 valence electrons. The molecule has 1 nitrogen and oxygen atoms in total. The third kappa shape index (κ3) is 8.26. The molecule has 0 aromatic carbocycles. The van der Waals surface area contributed by atoms with E-state index in [1.54, 1.807) is 0 Å². The van der Waals surface area contributed by atoms with Gasteiger partial charge in [0.25, 0.3) is 0 Å². The van der Waals surface area contributed by atoms with Crippen LogP contribution in [-0.4, -0.2) is 84.8 Å². The van der Waals surface area contributed by atoms with Gasteiger partial charge in [-0.1, -0.05) is 6.92 Å². The Balaban J connectivity index is -0.0000000667. The molecule has 0 amide bonds. The second kappa shape index (κ2) is 12.9. The maximum absolute atomic E-state index is 2.47. The summed E-state index contributed by atoms with van der Waals surface area (Å²) in [4.78, 5) is 2.47. The summed E-state index contributed by atoms with van der Waals surface area (Å²) in [6.07, 6.45) is 2.78. The van der Waals surface area contributed by atoms with Crippen LogP contribution in [-0.2, 0) is 0 Å². The monoisotopic (exact) mass is 255 g/mol. The van der Waals surface area contributed by atoms with Gasteiger partial charge >= 0.3 is 60.8 Å². The molecule has 1 fully saturated rings. The fourth-order valence-corrected chi connectivity index (χ4v) is 1.65. The van der Waals surface area contributed by atoms with E-state index in [9.17, 15) is 0 Å². The predicted molar refractivity (Wildman–Crippen MR) is 82.4 cm³/mol. The smallest absolute Gasteiger partial charge is 0.316 e. The Hall–Kier alpha value is 2.50. The number of piperidine rings is 1. The van der Waals surface area contributed by atoms with Crippen molar-refractivity contribution in [1.29, 1.82) is 0 Å². The third-order valence-electron chi connectivity index (χ3n) is 3.32. The summed E-state index contributed by atoms with van der Waals surface area (Å²) in [6.45, 7) is 8.32. The van der Waals surface area contributed by atoms with Gasteiger partial charge in [-0.05, 0) is 46.2 Å². The Morgan fingerprint density at radius 1 is 1.13 bits per heavy atom. The summed E-state index contributed by atoms with van der Waals surface area (Å²) in [5.41, 5.74) is 0.429. The molecule has 0 bridgehead atoms. The van der Waals surface area contributed by atoms with E-state index in [4.69, 9.17) is 0 Å². The van der Waals surface area contributed by atoms with Gasteiger partial charge in [-0.2, -0.15) is 0 Å². The van der Waals surface area contributed by atoms with Gasteiger partial charge in [0.05, 0.1) is 0 Å². The van der Waals surface area contributed by atoms with E-state index in [1.807, 2.05) is 0 Å². The van der Waals surface area contributed by atoms with Gasteiger partial charge in [0.2, 0.25) is 0 Å². The van der Waals surface area contributed by atoms with Crippen LogP contribution in [0.1, 0.15) is 33.6 Å². The van der Waals surface area contributed by atoms with Crippen LogP contribution in [0.5, 0.6) is 0 Å². The van der Waals surface area contributed by atoms with Crippen molar-refractivity contribution in [2.45, 2.75) is 39.2 Å². The molecule has 0 aromatic heterocycles. The number of nitrogens with zero attached hydrogens (tertiary/aromatic N) is 1. The Labute approximate surface area is 148 Å². The number of likely N-dealkylation sites (tertiary alicyclic amines) is 1. The zero-order valence-corrected chi connectivity index (χ0v) is 10.1. The maximum atomic E-state index is 2.47. The molecule has 0 N–H and O–H groups in total. The average molecular weight is 256 g/mol. The molecule has 1 rings (SSSR count). The first-order valence-corrected chi connectivity index (χ1v) is 4.26. The van der Waals surface area contributed by atoms with Gasteiger partial charge in [0.1, 0.15) is 0 Å². The van der Waals surface area contributed by atoms with Crippen molar-refractivity contribution >= 4 is 85.6 Å². The molecule has 0 radical (unpaired) electrons. The summed E-state index contributed by atoms with van der Waals surface area (Å²) >= 11 is 0. The van der Waals surface area contributed by atoms with Crippen molar-refractivity contribution in [2.75, 3.05) is 13.6 Å². The molecule has 0 spiro atoms. The van der Waals surface area contributed by atoms with Crippen molar-refractivity contribution in [3.05, 3.63) is 0 Å². The molecule has 0 aliphatic carbocycles. The topological polar surface area (TPSA) is 3.24 Å². The minimum atomic E-state index is 0. The predicted octanol–water partition coefficient (Wildman–Crippen LogP) is 0.757. The molecule has 1 aliphatic heterocycles. The molecular weight excluding hydrogens is 231 g/mol. The van der Waals surface area contributed by atoms with Crippen LogP contribution in [0.25, 0.3) is 0 Å². The SMILES string of the molecule is CC1CCCN(C)C1(C)C.Cl.Cl.[LiH].[LiH].[MgH2]. The van der Waals surface area contributed by atoms with Gasteiger partial charge in [0.15, 0.2) is 0 Å². The zero-order chi connectivity index (χ0) is 7.78. The first-order chi connectivity index (χ1) is 4.55. The fraction of sp³-hybridized carbons (Fsp3) is 1.00. The number of halogens is 2. The van der Waals surface area contributed by atoms with Crippen LogP contribution in [0.4, 0.5) is 0 Å². The summed E-state index contributed by atoms with van der Waals surface area (Å²) < 4.78 is 0. The minimum absolute atomic E-state index is 0. The molecule has 0 saturated carbocycles. The Morgan fingerprint density at radius 2 is 1.53 bits per heavy atom. The molecule has 0 aromatic rings. The van der Waals surface area contributed by atoms with Crippen molar-refractivity contribution in [3.8, 4) is 0 Å². The van der Waals surface area contributed by atoms with Crippen LogP contribution in [0.3, 0.4) is 0 Å².